The Kier molecular flexibility index (Phi) is 4.69. The molecular weight excluding hydrogens is 294 g/mol. The van der Waals surface area contributed by atoms with Crippen molar-refractivity contribution in [2.24, 2.45) is 0 Å². The number of hydrogen-bond donors (Lipinski definition) is 1. The first kappa shape index (κ1) is 16.5. The SMILES string of the molecule is C=COC(=O)c1cccc2cc(NC(=O)OC(C)(C)C)ccc12. The molecule has 0 aliphatic heterocycles. The van der Waals surface area contributed by atoms with Crippen molar-refractivity contribution >= 4 is 28.5 Å². The molecule has 5 nitrogen and oxygen atoms in total. The fourth-order valence-corrected chi connectivity index (χ4v) is 2.10. The Hall–Kier alpha value is -2.82. The number of carbonyl (C=O) groups excluding carboxylic acids is 2. The maximum atomic E-state index is 11.9. The number of nitrogens with one attached hydrogen (secondary N) is 1. The minimum Gasteiger partial charge on any atom is -0.444 e. The molecule has 0 fully saturated rings. The predicted octanol–water partition coefficient (Wildman–Crippen LogP) is 4.49. The van der Waals surface area contributed by atoms with Crippen molar-refractivity contribution in [3.63, 3.8) is 0 Å². The molecule has 2 rings (SSSR count). The van der Waals surface area contributed by atoms with E-state index in [1.165, 1.54) is 0 Å². The van der Waals surface area contributed by atoms with E-state index in [0.717, 1.165) is 17.0 Å². The Balaban J connectivity index is 2.28. The van der Waals surface area contributed by atoms with Gasteiger partial charge in [0.05, 0.1) is 11.8 Å². The van der Waals surface area contributed by atoms with E-state index in [9.17, 15) is 9.59 Å². The summed E-state index contributed by atoms with van der Waals surface area (Å²) in [7, 11) is 0. The summed E-state index contributed by atoms with van der Waals surface area (Å²) in [5, 5.41) is 4.20. The first-order valence-corrected chi connectivity index (χ1v) is 7.15. The third-order valence-electron chi connectivity index (χ3n) is 2.94. The fraction of sp³-hybridized carbons (Fsp3) is 0.222. The van der Waals surface area contributed by atoms with E-state index in [2.05, 4.69) is 11.9 Å². The number of amides is 1. The standard InChI is InChI=1S/C18H19NO4/c1-5-22-16(20)15-8-6-7-12-11-13(9-10-14(12)15)19-17(21)23-18(2,3)4/h5-11H,1H2,2-4H3,(H,19,21). The number of fused-ring (bicyclic) bond motifs is 1. The monoisotopic (exact) mass is 313 g/mol. The van der Waals surface area contributed by atoms with E-state index in [1.54, 1.807) is 51.1 Å². The van der Waals surface area contributed by atoms with Gasteiger partial charge in [0.1, 0.15) is 5.60 Å². The highest BCUT2D eigenvalue weighted by Crippen LogP contribution is 2.24. The fourth-order valence-electron chi connectivity index (χ4n) is 2.10. The predicted molar refractivity (Wildman–Crippen MR) is 89.4 cm³/mol. The van der Waals surface area contributed by atoms with Gasteiger partial charge in [-0.05, 0) is 49.7 Å². The van der Waals surface area contributed by atoms with Crippen molar-refractivity contribution < 1.29 is 19.1 Å². The van der Waals surface area contributed by atoms with Crippen molar-refractivity contribution in [3.8, 4) is 0 Å². The van der Waals surface area contributed by atoms with E-state index < -0.39 is 17.7 Å². The first-order valence-electron chi connectivity index (χ1n) is 7.15. The molecule has 0 saturated carbocycles. The van der Waals surface area contributed by atoms with Gasteiger partial charge in [-0.15, -0.1) is 0 Å². The number of hydrogen-bond acceptors (Lipinski definition) is 4. The molecule has 2 aromatic rings. The molecule has 0 bridgehead atoms. The number of benzene rings is 2. The molecular formula is C18H19NO4. The Morgan fingerprint density at radius 1 is 1.17 bits per heavy atom. The number of ether oxygens (including phenoxy) is 2. The normalized spacial score (nSPS) is 10.9. The van der Waals surface area contributed by atoms with Gasteiger partial charge in [0, 0.05) is 5.69 Å². The van der Waals surface area contributed by atoms with Crippen molar-refractivity contribution in [3.05, 3.63) is 54.8 Å². The Bertz CT molecular complexity index is 759. The van der Waals surface area contributed by atoms with Crippen molar-refractivity contribution in [1.29, 1.82) is 0 Å². The Morgan fingerprint density at radius 3 is 2.57 bits per heavy atom. The van der Waals surface area contributed by atoms with Crippen LogP contribution in [0.3, 0.4) is 0 Å². The molecule has 5 heteroatoms. The molecule has 0 aliphatic rings. The molecule has 0 atom stereocenters. The van der Waals surface area contributed by atoms with Gasteiger partial charge < -0.3 is 9.47 Å². The highest BCUT2D eigenvalue weighted by atomic mass is 16.6. The Morgan fingerprint density at radius 2 is 1.91 bits per heavy atom. The zero-order chi connectivity index (χ0) is 17.0. The van der Waals surface area contributed by atoms with Crippen molar-refractivity contribution in [2.75, 3.05) is 5.32 Å². The van der Waals surface area contributed by atoms with Crippen molar-refractivity contribution in [1.82, 2.24) is 0 Å². The van der Waals surface area contributed by atoms with Gasteiger partial charge in [0.25, 0.3) is 0 Å². The highest BCUT2D eigenvalue weighted by molar-refractivity contribution is 6.05. The average Bonchev–Trinajstić information content (AvgIpc) is 2.44. The van der Waals surface area contributed by atoms with E-state index in [4.69, 9.17) is 9.47 Å². The molecule has 0 heterocycles. The third-order valence-corrected chi connectivity index (χ3v) is 2.94. The minimum absolute atomic E-state index is 0.436. The third kappa shape index (κ3) is 4.32. The van der Waals surface area contributed by atoms with E-state index >= 15 is 0 Å². The summed E-state index contributed by atoms with van der Waals surface area (Å²) >= 11 is 0. The summed E-state index contributed by atoms with van der Waals surface area (Å²) in [6.07, 6.45) is 0.568. The molecule has 2 aromatic carbocycles. The maximum absolute atomic E-state index is 11.9. The Labute approximate surface area is 134 Å². The molecule has 0 saturated heterocycles. The van der Waals surface area contributed by atoms with Crippen LogP contribution in [0.5, 0.6) is 0 Å². The van der Waals surface area contributed by atoms with Crippen LogP contribution in [0.15, 0.2) is 49.2 Å². The molecule has 1 N–H and O–H groups in total. The smallest absolute Gasteiger partial charge is 0.412 e. The molecule has 1 amide bonds. The molecule has 0 aliphatic carbocycles. The largest absolute Gasteiger partial charge is 0.444 e. The van der Waals surface area contributed by atoms with Gasteiger partial charge in [-0.25, -0.2) is 9.59 Å². The van der Waals surface area contributed by atoms with Gasteiger partial charge in [0.2, 0.25) is 0 Å². The molecule has 0 spiro atoms. The zero-order valence-corrected chi connectivity index (χ0v) is 13.4. The van der Waals surface area contributed by atoms with Crippen LogP contribution in [0, 0.1) is 0 Å². The number of carbonyl (C=O) groups is 2. The second-order valence-corrected chi connectivity index (χ2v) is 5.94. The minimum atomic E-state index is -0.567. The second kappa shape index (κ2) is 6.52. The van der Waals surface area contributed by atoms with E-state index in [0.29, 0.717) is 11.3 Å². The zero-order valence-electron chi connectivity index (χ0n) is 13.4. The molecule has 0 aromatic heterocycles. The number of anilines is 1. The van der Waals surface area contributed by atoms with Crippen LogP contribution in [0.1, 0.15) is 31.1 Å². The van der Waals surface area contributed by atoms with Gasteiger partial charge in [-0.2, -0.15) is 0 Å². The summed E-state index contributed by atoms with van der Waals surface area (Å²) in [4.78, 5) is 23.7. The van der Waals surface area contributed by atoms with Crippen LogP contribution in [0.2, 0.25) is 0 Å². The molecule has 0 radical (unpaired) electrons. The quantitative estimate of drug-likeness (QED) is 0.670. The molecule has 23 heavy (non-hydrogen) atoms. The van der Waals surface area contributed by atoms with Crippen LogP contribution in [-0.4, -0.2) is 17.7 Å². The second-order valence-electron chi connectivity index (χ2n) is 5.94. The molecule has 120 valence electrons. The van der Waals surface area contributed by atoms with Crippen LogP contribution >= 0.6 is 0 Å². The summed E-state index contributed by atoms with van der Waals surface area (Å²) in [5.41, 5.74) is 0.454. The summed E-state index contributed by atoms with van der Waals surface area (Å²) < 4.78 is 10.0. The summed E-state index contributed by atoms with van der Waals surface area (Å²) in [6, 6.07) is 10.5. The van der Waals surface area contributed by atoms with E-state index in [-0.39, 0.29) is 0 Å². The van der Waals surface area contributed by atoms with Gasteiger partial charge in [-0.3, -0.25) is 5.32 Å². The molecule has 0 unspecified atom stereocenters. The number of esters is 1. The van der Waals surface area contributed by atoms with E-state index in [1.807, 2.05) is 6.07 Å². The van der Waals surface area contributed by atoms with Crippen LogP contribution in [0.4, 0.5) is 10.5 Å². The number of rotatable bonds is 3. The lowest BCUT2D eigenvalue weighted by molar-refractivity contribution is 0.0632. The highest BCUT2D eigenvalue weighted by Gasteiger charge is 2.16. The van der Waals surface area contributed by atoms with Crippen LogP contribution < -0.4 is 5.32 Å². The van der Waals surface area contributed by atoms with Gasteiger partial charge in [-0.1, -0.05) is 24.8 Å². The lowest BCUT2D eigenvalue weighted by Gasteiger charge is -2.19. The van der Waals surface area contributed by atoms with Gasteiger partial charge >= 0.3 is 12.1 Å². The lowest BCUT2D eigenvalue weighted by Crippen LogP contribution is -2.27. The average molecular weight is 313 g/mol. The van der Waals surface area contributed by atoms with Crippen LogP contribution in [-0.2, 0) is 9.47 Å². The maximum Gasteiger partial charge on any atom is 0.412 e. The lowest BCUT2D eigenvalue weighted by atomic mass is 10.0. The first-order chi connectivity index (χ1) is 10.8. The summed E-state index contributed by atoms with van der Waals surface area (Å²) in [5.74, 6) is -0.474. The van der Waals surface area contributed by atoms with Gasteiger partial charge in [0.15, 0.2) is 0 Å². The summed E-state index contributed by atoms with van der Waals surface area (Å²) in [6.45, 7) is 8.77. The van der Waals surface area contributed by atoms with Crippen LogP contribution in [0.25, 0.3) is 10.8 Å². The van der Waals surface area contributed by atoms with Crippen molar-refractivity contribution in [2.45, 2.75) is 26.4 Å². The topological polar surface area (TPSA) is 64.6 Å².